The van der Waals surface area contributed by atoms with Gasteiger partial charge in [0.15, 0.2) is 17.3 Å². The largest absolute Gasteiger partial charge is 0.454 e. The SMILES string of the molecule is O=C(CSc1nnc(-c2ccc3c(c2)OCO3)o1)c1ccc(S(=O)(=O)N2CCOCC2)cc1. The Bertz CT molecular complexity index is 1270. The zero-order valence-corrected chi connectivity index (χ0v) is 18.9. The van der Waals surface area contributed by atoms with Gasteiger partial charge in [0.25, 0.3) is 5.22 Å². The number of carbonyl (C=O) groups is 1. The first-order valence-corrected chi connectivity index (χ1v) is 12.5. The van der Waals surface area contributed by atoms with Crippen LogP contribution in [0.4, 0.5) is 0 Å². The molecule has 33 heavy (non-hydrogen) atoms. The van der Waals surface area contributed by atoms with Crippen LogP contribution in [-0.2, 0) is 14.8 Å². The van der Waals surface area contributed by atoms with Crippen LogP contribution in [0.2, 0.25) is 0 Å². The van der Waals surface area contributed by atoms with Crippen LogP contribution in [0.1, 0.15) is 10.4 Å². The Balaban J connectivity index is 1.21. The van der Waals surface area contributed by atoms with Gasteiger partial charge in [-0.25, -0.2) is 8.42 Å². The van der Waals surface area contributed by atoms with Crippen molar-refractivity contribution in [2.24, 2.45) is 0 Å². The van der Waals surface area contributed by atoms with Crippen molar-refractivity contribution in [3.05, 3.63) is 48.0 Å². The lowest BCUT2D eigenvalue weighted by molar-refractivity contribution is 0.0730. The maximum absolute atomic E-state index is 12.7. The summed E-state index contributed by atoms with van der Waals surface area (Å²) in [5, 5.41) is 8.25. The van der Waals surface area contributed by atoms with Gasteiger partial charge in [0.2, 0.25) is 22.7 Å². The molecule has 0 bridgehead atoms. The molecule has 12 heteroatoms. The third-order valence-electron chi connectivity index (χ3n) is 5.14. The number of fused-ring (bicyclic) bond motifs is 1. The molecule has 0 N–H and O–H groups in total. The lowest BCUT2D eigenvalue weighted by Crippen LogP contribution is -2.40. The first-order valence-electron chi connectivity index (χ1n) is 10.1. The lowest BCUT2D eigenvalue weighted by atomic mass is 10.1. The summed E-state index contributed by atoms with van der Waals surface area (Å²) in [6.45, 7) is 1.56. The Labute approximate surface area is 193 Å². The van der Waals surface area contributed by atoms with E-state index in [1.54, 1.807) is 18.2 Å². The molecule has 172 valence electrons. The molecule has 1 saturated heterocycles. The highest BCUT2D eigenvalue weighted by Gasteiger charge is 2.26. The number of hydrogen-bond acceptors (Lipinski definition) is 10. The van der Waals surface area contributed by atoms with Gasteiger partial charge in [-0.2, -0.15) is 4.31 Å². The van der Waals surface area contributed by atoms with Crippen LogP contribution in [0.5, 0.6) is 11.5 Å². The van der Waals surface area contributed by atoms with Crippen LogP contribution in [0.15, 0.2) is 57.0 Å². The summed E-state index contributed by atoms with van der Waals surface area (Å²) in [6.07, 6.45) is 0. The summed E-state index contributed by atoms with van der Waals surface area (Å²) in [5.41, 5.74) is 1.08. The summed E-state index contributed by atoms with van der Waals surface area (Å²) in [6, 6.07) is 11.2. The number of ketones is 1. The minimum atomic E-state index is -3.60. The van der Waals surface area contributed by atoms with E-state index in [4.69, 9.17) is 18.6 Å². The van der Waals surface area contributed by atoms with Crippen molar-refractivity contribution in [3.63, 3.8) is 0 Å². The van der Waals surface area contributed by atoms with Crippen molar-refractivity contribution in [3.8, 4) is 23.0 Å². The number of ether oxygens (including phenoxy) is 3. The summed E-state index contributed by atoms with van der Waals surface area (Å²) >= 11 is 1.11. The minimum absolute atomic E-state index is 0.0678. The molecular formula is C21H19N3O7S2. The molecule has 5 rings (SSSR count). The van der Waals surface area contributed by atoms with Crippen LogP contribution in [0.3, 0.4) is 0 Å². The van der Waals surface area contributed by atoms with Crippen LogP contribution in [0.25, 0.3) is 11.5 Å². The van der Waals surface area contributed by atoms with E-state index in [0.29, 0.717) is 54.8 Å². The fraction of sp³-hybridized carbons (Fsp3) is 0.286. The molecule has 0 unspecified atom stereocenters. The Morgan fingerprint density at radius 1 is 1.00 bits per heavy atom. The van der Waals surface area contributed by atoms with Crippen molar-refractivity contribution in [1.82, 2.24) is 14.5 Å². The normalized spacial score (nSPS) is 16.1. The number of sulfonamides is 1. The van der Waals surface area contributed by atoms with Crippen LogP contribution < -0.4 is 9.47 Å². The van der Waals surface area contributed by atoms with E-state index >= 15 is 0 Å². The number of thioether (sulfide) groups is 1. The van der Waals surface area contributed by atoms with E-state index in [-0.39, 0.29) is 28.4 Å². The molecule has 2 aromatic carbocycles. The summed E-state index contributed by atoms with van der Waals surface area (Å²) < 4.78 is 48.3. The Kier molecular flexibility index (Phi) is 6.06. The van der Waals surface area contributed by atoms with Gasteiger partial charge >= 0.3 is 0 Å². The number of benzene rings is 2. The zero-order chi connectivity index (χ0) is 22.8. The molecule has 0 atom stereocenters. The molecule has 3 heterocycles. The van der Waals surface area contributed by atoms with E-state index in [0.717, 1.165) is 11.8 Å². The number of nitrogens with zero attached hydrogens (tertiary/aromatic N) is 3. The highest BCUT2D eigenvalue weighted by atomic mass is 32.2. The Morgan fingerprint density at radius 3 is 2.55 bits per heavy atom. The van der Waals surface area contributed by atoms with Gasteiger partial charge in [-0.1, -0.05) is 23.9 Å². The Hall–Kier alpha value is -2.93. The lowest BCUT2D eigenvalue weighted by Gasteiger charge is -2.26. The van der Waals surface area contributed by atoms with Crippen LogP contribution in [-0.4, -0.2) is 67.6 Å². The molecule has 0 spiro atoms. The third kappa shape index (κ3) is 4.60. The van der Waals surface area contributed by atoms with Gasteiger partial charge in [0, 0.05) is 24.2 Å². The predicted molar refractivity (Wildman–Crippen MR) is 117 cm³/mol. The van der Waals surface area contributed by atoms with Gasteiger partial charge < -0.3 is 18.6 Å². The van der Waals surface area contributed by atoms with Gasteiger partial charge in [0.05, 0.1) is 23.9 Å². The predicted octanol–water partition coefficient (Wildman–Crippen LogP) is 2.46. The fourth-order valence-corrected chi connectivity index (χ4v) is 5.44. The second-order valence-corrected chi connectivity index (χ2v) is 10.1. The molecule has 3 aromatic rings. The van der Waals surface area contributed by atoms with E-state index in [1.165, 1.54) is 28.6 Å². The average molecular weight is 490 g/mol. The van der Waals surface area contributed by atoms with Gasteiger partial charge in [-0.3, -0.25) is 4.79 Å². The van der Waals surface area contributed by atoms with Crippen molar-refractivity contribution >= 4 is 27.6 Å². The first kappa shape index (κ1) is 21.9. The second-order valence-electron chi connectivity index (χ2n) is 7.19. The smallest absolute Gasteiger partial charge is 0.277 e. The van der Waals surface area contributed by atoms with Gasteiger partial charge in [-0.15, -0.1) is 10.2 Å². The van der Waals surface area contributed by atoms with E-state index < -0.39 is 10.0 Å². The monoisotopic (exact) mass is 489 g/mol. The number of Topliss-reactive ketones (excluding diaryl/α,β-unsaturated/α-hetero) is 1. The Morgan fingerprint density at radius 2 is 1.76 bits per heavy atom. The first-order chi connectivity index (χ1) is 16.0. The number of hydrogen-bond donors (Lipinski definition) is 0. The summed E-state index contributed by atoms with van der Waals surface area (Å²) in [5.74, 6) is 1.45. The van der Waals surface area contributed by atoms with Crippen molar-refractivity contribution in [2.45, 2.75) is 10.1 Å². The summed E-state index contributed by atoms with van der Waals surface area (Å²) in [4.78, 5) is 12.7. The molecule has 2 aliphatic heterocycles. The third-order valence-corrected chi connectivity index (χ3v) is 7.87. The minimum Gasteiger partial charge on any atom is -0.454 e. The van der Waals surface area contributed by atoms with E-state index in [1.807, 2.05) is 0 Å². The van der Waals surface area contributed by atoms with E-state index in [2.05, 4.69) is 10.2 Å². The average Bonchev–Trinajstić information content (AvgIpc) is 3.52. The molecule has 2 aliphatic rings. The molecule has 0 saturated carbocycles. The molecule has 10 nitrogen and oxygen atoms in total. The maximum atomic E-state index is 12.7. The maximum Gasteiger partial charge on any atom is 0.277 e. The standard InChI is InChI=1S/C21H19N3O7S2/c25-17(14-1-4-16(5-2-14)33(26,27)24-7-9-28-10-8-24)12-32-21-23-22-20(31-21)15-3-6-18-19(11-15)30-13-29-18/h1-6,11H,7-10,12-13H2. The van der Waals surface area contributed by atoms with Crippen LogP contribution >= 0.6 is 11.8 Å². The molecule has 0 radical (unpaired) electrons. The molecule has 1 aromatic heterocycles. The quantitative estimate of drug-likeness (QED) is 0.361. The fourth-order valence-electron chi connectivity index (χ4n) is 3.37. The second kappa shape index (κ2) is 9.14. The van der Waals surface area contributed by atoms with Gasteiger partial charge in [0.1, 0.15) is 0 Å². The number of rotatable bonds is 7. The highest BCUT2D eigenvalue weighted by Crippen LogP contribution is 2.36. The number of carbonyl (C=O) groups excluding carboxylic acids is 1. The zero-order valence-electron chi connectivity index (χ0n) is 17.3. The summed E-state index contributed by atoms with van der Waals surface area (Å²) in [7, 11) is -3.60. The number of aromatic nitrogens is 2. The molecule has 1 fully saturated rings. The van der Waals surface area contributed by atoms with E-state index in [9.17, 15) is 13.2 Å². The number of morpholine rings is 1. The van der Waals surface area contributed by atoms with Crippen molar-refractivity contribution in [2.75, 3.05) is 38.8 Å². The molecule has 0 amide bonds. The van der Waals surface area contributed by atoms with Crippen LogP contribution in [0, 0.1) is 0 Å². The van der Waals surface area contributed by atoms with Crippen molar-refractivity contribution < 1.29 is 31.8 Å². The molecular weight excluding hydrogens is 470 g/mol. The highest BCUT2D eigenvalue weighted by molar-refractivity contribution is 7.99. The van der Waals surface area contributed by atoms with Gasteiger partial charge in [-0.05, 0) is 30.3 Å². The van der Waals surface area contributed by atoms with Crippen molar-refractivity contribution in [1.29, 1.82) is 0 Å². The topological polar surface area (TPSA) is 121 Å². The molecule has 0 aliphatic carbocycles.